The van der Waals surface area contributed by atoms with Crippen molar-refractivity contribution in [2.45, 2.75) is 25.3 Å². The topological polar surface area (TPSA) is 87.2 Å². The Labute approximate surface area is 154 Å². The number of carbonyl (C=O) groups excluding carboxylic acids is 2. The van der Waals surface area contributed by atoms with E-state index in [4.69, 9.17) is 9.84 Å². The number of halogens is 2. The van der Waals surface area contributed by atoms with Gasteiger partial charge in [-0.2, -0.15) is 0 Å². The van der Waals surface area contributed by atoms with Gasteiger partial charge in [0.2, 0.25) is 11.8 Å². The molecule has 2 heterocycles. The van der Waals surface area contributed by atoms with Crippen LogP contribution < -0.4 is 4.90 Å². The fourth-order valence-corrected chi connectivity index (χ4v) is 3.57. The molecule has 0 radical (unpaired) electrons. The Morgan fingerprint density at radius 1 is 1.26 bits per heavy atom. The zero-order chi connectivity index (χ0) is 19.6. The normalized spacial score (nSPS) is 20.7. The van der Waals surface area contributed by atoms with E-state index in [0.717, 1.165) is 17.0 Å². The molecule has 1 aromatic carbocycles. The molecule has 2 saturated heterocycles. The number of rotatable bonds is 5. The molecule has 0 aliphatic carbocycles. The second-order valence-electron chi connectivity index (χ2n) is 6.70. The number of carboxylic acid groups (broad SMARTS) is 1. The Morgan fingerprint density at radius 2 is 1.96 bits per heavy atom. The largest absolute Gasteiger partial charge is 0.480 e. The molecule has 0 spiro atoms. The second-order valence-corrected chi connectivity index (χ2v) is 6.70. The van der Waals surface area contributed by atoms with Gasteiger partial charge in [0.05, 0.1) is 11.6 Å². The first-order chi connectivity index (χ1) is 12.9. The maximum atomic E-state index is 14.0. The minimum absolute atomic E-state index is 0.0699. The van der Waals surface area contributed by atoms with Crippen molar-refractivity contribution in [1.29, 1.82) is 0 Å². The van der Waals surface area contributed by atoms with Crippen molar-refractivity contribution in [3.63, 3.8) is 0 Å². The van der Waals surface area contributed by atoms with Crippen molar-refractivity contribution in [2.75, 3.05) is 31.2 Å². The van der Waals surface area contributed by atoms with Crippen molar-refractivity contribution >= 4 is 23.5 Å². The van der Waals surface area contributed by atoms with Gasteiger partial charge in [0.15, 0.2) is 0 Å². The smallest absolute Gasteiger partial charge is 0.323 e. The van der Waals surface area contributed by atoms with Crippen LogP contribution in [-0.2, 0) is 19.1 Å². The first-order valence-electron chi connectivity index (χ1n) is 8.72. The van der Waals surface area contributed by atoms with Crippen molar-refractivity contribution in [2.24, 2.45) is 5.92 Å². The van der Waals surface area contributed by atoms with E-state index in [0.29, 0.717) is 32.1 Å². The second kappa shape index (κ2) is 7.99. The van der Waals surface area contributed by atoms with Crippen LogP contribution in [-0.4, -0.2) is 60.1 Å². The maximum absolute atomic E-state index is 14.0. The van der Waals surface area contributed by atoms with Gasteiger partial charge in [0, 0.05) is 38.3 Å². The van der Waals surface area contributed by atoms with Crippen molar-refractivity contribution < 1.29 is 33.0 Å². The lowest BCUT2D eigenvalue weighted by Crippen LogP contribution is -2.48. The number of nitrogens with zero attached hydrogens (tertiary/aromatic N) is 2. The Morgan fingerprint density at radius 3 is 2.59 bits per heavy atom. The third kappa shape index (κ3) is 4.24. The number of carboxylic acids is 1. The van der Waals surface area contributed by atoms with Crippen molar-refractivity contribution in [1.82, 2.24) is 4.90 Å². The summed E-state index contributed by atoms with van der Waals surface area (Å²) >= 11 is 0. The Balaban J connectivity index is 1.77. The molecule has 0 unspecified atom stereocenters. The van der Waals surface area contributed by atoms with Gasteiger partial charge in [-0.3, -0.25) is 14.4 Å². The fraction of sp³-hybridized carbons (Fsp3) is 0.500. The molecule has 3 rings (SSSR count). The van der Waals surface area contributed by atoms with Crippen LogP contribution >= 0.6 is 0 Å². The standard InChI is InChI=1S/C18H20F2N2O5/c19-12-1-2-15(14(20)8-12)22-9-11(7-16(22)23)18(26)21(10-17(24)25)13-3-5-27-6-4-13/h1-2,8,11,13H,3-7,9-10H2,(H,24,25)/t11-/m0/s1. The summed E-state index contributed by atoms with van der Waals surface area (Å²) in [4.78, 5) is 38.8. The summed E-state index contributed by atoms with van der Waals surface area (Å²) < 4.78 is 32.4. The summed E-state index contributed by atoms with van der Waals surface area (Å²) in [7, 11) is 0. The molecule has 27 heavy (non-hydrogen) atoms. The highest BCUT2D eigenvalue weighted by atomic mass is 19.1. The third-order valence-electron chi connectivity index (χ3n) is 4.90. The molecule has 1 N–H and O–H groups in total. The van der Waals surface area contributed by atoms with E-state index in [1.165, 1.54) is 4.90 Å². The third-order valence-corrected chi connectivity index (χ3v) is 4.90. The zero-order valence-electron chi connectivity index (χ0n) is 14.6. The first-order valence-corrected chi connectivity index (χ1v) is 8.72. The lowest BCUT2D eigenvalue weighted by atomic mass is 10.0. The summed E-state index contributed by atoms with van der Waals surface area (Å²) in [5.74, 6) is -4.46. The number of benzene rings is 1. The zero-order valence-corrected chi connectivity index (χ0v) is 14.6. The quantitative estimate of drug-likeness (QED) is 0.832. The highest BCUT2D eigenvalue weighted by Crippen LogP contribution is 2.30. The van der Waals surface area contributed by atoms with Gasteiger partial charge in [-0.25, -0.2) is 8.78 Å². The molecule has 0 saturated carbocycles. The fourth-order valence-electron chi connectivity index (χ4n) is 3.57. The molecular formula is C18H20F2N2O5. The number of anilines is 1. The Hall–Kier alpha value is -2.55. The summed E-state index contributed by atoms with van der Waals surface area (Å²) in [5.41, 5.74) is -0.0902. The molecular weight excluding hydrogens is 362 g/mol. The van der Waals surface area contributed by atoms with E-state index in [1.807, 2.05) is 0 Å². The average molecular weight is 382 g/mol. The molecule has 2 aliphatic heterocycles. The number of carbonyl (C=O) groups is 3. The number of aliphatic carboxylic acids is 1. The molecule has 2 fully saturated rings. The van der Waals surface area contributed by atoms with E-state index in [1.54, 1.807) is 0 Å². The Bertz CT molecular complexity index is 751. The van der Waals surface area contributed by atoms with Gasteiger partial charge >= 0.3 is 5.97 Å². The number of hydrogen-bond donors (Lipinski definition) is 1. The molecule has 9 heteroatoms. The monoisotopic (exact) mass is 382 g/mol. The van der Waals surface area contributed by atoms with Gasteiger partial charge in [-0.15, -0.1) is 0 Å². The SMILES string of the molecule is O=C(O)CN(C(=O)[C@H]1CC(=O)N(c2ccc(F)cc2F)C1)C1CCOCC1. The number of amides is 2. The van der Waals surface area contributed by atoms with Crippen LogP contribution in [0.1, 0.15) is 19.3 Å². The number of ether oxygens (including phenoxy) is 1. The van der Waals surface area contributed by atoms with Crippen LogP contribution in [0.3, 0.4) is 0 Å². The van der Waals surface area contributed by atoms with E-state index >= 15 is 0 Å². The van der Waals surface area contributed by atoms with Crippen molar-refractivity contribution in [3.05, 3.63) is 29.8 Å². The predicted octanol–water partition coefficient (Wildman–Crippen LogP) is 1.41. The highest BCUT2D eigenvalue weighted by Gasteiger charge is 2.40. The molecule has 7 nitrogen and oxygen atoms in total. The van der Waals surface area contributed by atoms with Crippen molar-refractivity contribution in [3.8, 4) is 0 Å². The van der Waals surface area contributed by atoms with E-state index < -0.39 is 41.9 Å². The number of hydrogen-bond acceptors (Lipinski definition) is 4. The lowest BCUT2D eigenvalue weighted by molar-refractivity contribution is -0.149. The van der Waals surface area contributed by atoms with Gasteiger partial charge in [0.1, 0.15) is 18.2 Å². The van der Waals surface area contributed by atoms with Gasteiger partial charge in [-0.05, 0) is 25.0 Å². The lowest BCUT2D eigenvalue weighted by Gasteiger charge is -2.34. The van der Waals surface area contributed by atoms with Crippen LogP contribution in [0.15, 0.2) is 18.2 Å². The van der Waals surface area contributed by atoms with Crippen LogP contribution in [0.4, 0.5) is 14.5 Å². The molecule has 0 aromatic heterocycles. The van der Waals surface area contributed by atoms with Gasteiger partial charge in [0.25, 0.3) is 0 Å². The van der Waals surface area contributed by atoms with Crippen LogP contribution in [0.5, 0.6) is 0 Å². The maximum Gasteiger partial charge on any atom is 0.323 e. The molecule has 146 valence electrons. The predicted molar refractivity (Wildman–Crippen MR) is 90.0 cm³/mol. The summed E-state index contributed by atoms with van der Waals surface area (Å²) in [6, 6.07) is 2.60. The Kier molecular flexibility index (Phi) is 5.69. The minimum Gasteiger partial charge on any atom is -0.480 e. The van der Waals surface area contributed by atoms with Gasteiger partial charge in [-0.1, -0.05) is 0 Å². The summed E-state index contributed by atoms with van der Waals surface area (Å²) in [6.07, 6.45) is 0.904. The average Bonchev–Trinajstić information content (AvgIpc) is 3.01. The summed E-state index contributed by atoms with van der Waals surface area (Å²) in [5, 5.41) is 9.16. The molecule has 1 aromatic rings. The highest BCUT2D eigenvalue weighted by molar-refractivity contribution is 6.00. The molecule has 0 bridgehead atoms. The first kappa shape index (κ1) is 19.2. The van der Waals surface area contributed by atoms with Gasteiger partial charge < -0.3 is 19.6 Å². The minimum atomic E-state index is -1.14. The molecule has 2 aliphatic rings. The van der Waals surface area contributed by atoms with E-state index in [9.17, 15) is 23.2 Å². The van der Waals surface area contributed by atoms with E-state index in [2.05, 4.69) is 0 Å². The van der Waals surface area contributed by atoms with Crippen LogP contribution in [0, 0.1) is 17.6 Å². The van der Waals surface area contributed by atoms with Crippen LogP contribution in [0.2, 0.25) is 0 Å². The molecule has 1 atom stereocenters. The van der Waals surface area contributed by atoms with E-state index in [-0.39, 0.29) is 24.7 Å². The van der Waals surface area contributed by atoms with Crippen LogP contribution in [0.25, 0.3) is 0 Å². The summed E-state index contributed by atoms with van der Waals surface area (Å²) in [6.45, 7) is 0.341. The molecule has 2 amide bonds.